The fraction of sp³-hybridized carbons (Fsp3) is 0.381. The molecule has 0 radical (unpaired) electrons. The summed E-state index contributed by atoms with van der Waals surface area (Å²) in [5.41, 5.74) is 0.528. The van der Waals surface area contributed by atoms with E-state index in [0.717, 1.165) is 12.8 Å². The van der Waals surface area contributed by atoms with Gasteiger partial charge in [-0.1, -0.05) is 23.7 Å². The van der Waals surface area contributed by atoms with Crippen molar-refractivity contribution in [3.8, 4) is 11.5 Å². The van der Waals surface area contributed by atoms with Gasteiger partial charge in [0.15, 0.2) is 18.1 Å². The summed E-state index contributed by atoms with van der Waals surface area (Å²) in [6.45, 7) is 1.69. The zero-order valence-corrected chi connectivity index (χ0v) is 17.0. The molecule has 0 aliphatic carbocycles. The Labute approximate surface area is 175 Å². The van der Waals surface area contributed by atoms with Crippen LogP contribution < -0.4 is 14.8 Å². The number of halogens is 1. The summed E-state index contributed by atoms with van der Waals surface area (Å²) in [4.78, 5) is 30.5. The number of pyridine rings is 1. The number of carbonyl (C=O) groups excluding carboxylic acids is 2. The van der Waals surface area contributed by atoms with Crippen LogP contribution in [-0.2, 0) is 4.79 Å². The molecule has 29 heavy (non-hydrogen) atoms. The van der Waals surface area contributed by atoms with Crippen LogP contribution in [0.2, 0.25) is 5.15 Å². The summed E-state index contributed by atoms with van der Waals surface area (Å²) in [6, 6.07) is 10.4. The molecular weight excluding hydrogens is 394 g/mol. The van der Waals surface area contributed by atoms with Crippen LogP contribution in [-0.4, -0.2) is 55.0 Å². The predicted molar refractivity (Wildman–Crippen MR) is 109 cm³/mol. The molecule has 0 bridgehead atoms. The third-order valence-corrected chi connectivity index (χ3v) is 5.00. The van der Waals surface area contributed by atoms with Crippen LogP contribution in [0.15, 0.2) is 42.6 Å². The van der Waals surface area contributed by atoms with Crippen molar-refractivity contribution in [2.75, 3.05) is 33.4 Å². The monoisotopic (exact) mass is 417 g/mol. The molecule has 1 N–H and O–H groups in total. The molecule has 1 atom stereocenters. The van der Waals surface area contributed by atoms with Gasteiger partial charge in [0, 0.05) is 31.4 Å². The van der Waals surface area contributed by atoms with Crippen molar-refractivity contribution in [1.82, 2.24) is 15.2 Å². The number of ether oxygens (including phenoxy) is 2. The van der Waals surface area contributed by atoms with Gasteiger partial charge in [-0.25, -0.2) is 4.98 Å². The molecule has 1 aromatic heterocycles. The minimum Gasteiger partial charge on any atom is -0.493 e. The number of nitrogens with one attached hydrogen (secondary N) is 1. The predicted octanol–water partition coefficient (Wildman–Crippen LogP) is 2.79. The Morgan fingerprint density at radius 1 is 1.28 bits per heavy atom. The normalized spacial score (nSPS) is 16.2. The number of hydrogen-bond acceptors (Lipinski definition) is 5. The largest absolute Gasteiger partial charge is 0.493 e. The number of para-hydroxylation sites is 2. The first kappa shape index (κ1) is 20.9. The molecule has 154 valence electrons. The standard InChI is InChI=1S/C21H24ClN3O4/c1-28-17-6-2-3-7-18(17)29-14-20(26)24-12-15-5-4-10-25(13-15)21(27)16-8-9-23-19(22)11-16/h2-3,6-9,11,15H,4-5,10,12-14H2,1H3,(H,24,26)/t15-/m1/s1. The van der Waals surface area contributed by atoms with Gasteiger partial charge in [-0.05, 0) is 43.0 Å². The molecule has 1 fully saturated rings. The average molecular weight is 418 g/mol. The fourth-order valence-electron chi connectivity index (χ4n) is 3.32. The summed E-state index contributed by atoms with van der Waals surface area (Å²) in [7, 11) is 1.55. The number of amides is 2. The molecule has 1 aliphatic rings. The van der Waals surface area contributed by atoms with Gasteiger partial charge >= 0.3 is 0 Å². The molecule has 7 nitrogen and oxygen atoms in total. The molecule has 1 aromatic carbocycles. The maximum Gasteiger partial charge on any atom is 0.257 e. The number of carbonyl (C=O) groups is 2. The number of benzene rings is 1. The van der Waals surface area contributed by atoms with Gasteiger partial charge in [-0.15, -0.1) is 0 Å². The van der Waals surface area contributed by atoms with Crippen molar-refractivity contribution in [2.45, 2.75) is 12.8 Å². The number of aromatic nitrogens is 1. The second-order valence-corrected chi connectivity index (χ2v) is 7.26. The van der Waals surface area contributed by atoms with E-state index in [0.29, 0.717) is 41.8 Å². The first-order chi connectivity index (χ1) is 14.1. The molecule has 1 saturated heterocycles. The highest BCUT2D eigenvalue weighted by molar-refractivity contribution is 6.29. The fourth-order valence-corrected chi connectivity index (χ4v) is 3.50. The molecule has 0 unspecified atom stereocenters. The lowest BCUT2D eigenvalue weighted by Crippen LogP contribution is -2.44. The van der Waals surface area contributed by atoms with Gasteiger partial charge in [0.1, 0.15) is 5.15 Å². The Bertz CT molecular complexity index is 861. The minimum absolute atomic E-state index is 0.0650. The summed E-state index contributed by atoms with van der Waals surface area (Å²) in [6.07, 6.45) is 3.37. The molecule has 3 rings (SSSR count). The van der Waals surface area contributed by atoms with E-state index in [1.807, 2.05) is 12.1 Å². The van der Waals surface area contributed by atoms with Gasteiger partial charge in [0.05, 0.1) is 7.11 Å². The molecule has 1 aliphatic heterocycles. The smallest absolute Gasteiger partial charge is 0.257 e. The van der Waals surface area contributed by atoms with Gasteiger partial charge in [0.2, 0.25) is 0 Å². The lowest BCUT2D eigenvalue weighted by atomic mass is 9.97. The molecule has 2 heterocycles. The van der Waals surface area contributed by atoms with Gasteiger partial charge in [-0.2, -0.15) is 0 Å². The number of likely N-dealkylation sites (tertiary alicyclic amines) is 1. The van der Waals surface area contributed by atoms with E-state index >= 15 is 0 Å². The first-order valence-corrected chi connectivity index (χ1v) is 9.88. The third kappa shape index (κ3) is 5.84. The van der Waals surface area contributed by atoms with Crippen molar-refractivity contribution in [2.24, 2.45) is 5.92 Å². The highest BCUT2D eigenvalue weighted by Gasteiger charge is 2.25. The molecule has 8 heteroatoms. The van der Waals surface area contributed by atoms with Crippen molar-refractivity contribution >= 4 is 23.4 Å². The van der Waals surface area contributed by atoms with E-state index in [1.165, 1.54) is 6.20 Å². The van der Waals surface area contributed by atoms with Crippen molar-refractivity contribution in [3.63, 3.8) is 0 Å². The second kappa shape index (κ2) is 10.1. The van der Waals surface area contributed by atoms with Crippen LogP contribution in [0, 0.1) is 5.92 Å². The Morgan fingerprint density at radius 2 is 2.07 bits per heavy atom. The molecule has 2 amide bonds. The van der Waals surface area contributed by atoms with Crippen LogP contribution >= 0.6 is 11.6 Å². The number of methoxy groups -OCH3 is 1. The second-order valence-electron chi connectivity index (χ2n) is 6.87. The van der Waals surface area contributed by atoms with Crippen LogP contribution in [0.3, 0.4) is 0 Å². The average Bonchev–Trinajstić information content (AvgIpc) is 2.76. The number of rotatable bonds is 7. The Balaban J connectivity index is 1.46. The number of hydrogen-bond donors (Lipinski definition) is 1. The highest BCUT2D eigenvalue weighted by Crippen LogP contribution is 2.25. The number of piperidine rings is 1. The van der Waals surface area contributed by atoms with Crippen LogP contribution in [0.5, 0.6) is 11.5 Å². The first-order valence-electron chi connectivity index (χ1n) is 9.50. The van der Waals surface area contributed by atoms with Crippen molar-refractivity contribution in [3.05, 3.63) is 53.3 Å². The molecule has 0 spiro atoms. The maximum atomic E-state index is 12.7. The maximum absolute atomic E-state index is 12.7. The lowest BCUT2D eigenvalue weighted by Gasteiger charge is -2.33. The van der Waals surface area contributed by atoms with E-state index < -0.39 is 0 Å². The highest BCUT2D eigenvalue weighted by atomic mass is 35.5. The summed E-state index contributed by atoms with van der Waals surface area (Å²) in [5.74, 6) is 1.03. The summed E-state index contributed by atoms with van der Waals surface area (Å²) in [5, 5.41) is 3.19. The number of nitrogens with zero attached hydrogens (tertiary/aromatic N) is 2. The molecule has 2 aromatic rings. The Hall–Kier alpha value is -2.80. The molecule has 0 saturated carbocycles. The Morgan fingerprint density at radius 3 is 2.83 bits per heavy atom. The van der Waals surface area contributed by atoms with Gasteiger partial charge in [-0.3, -0.25) is 9.59 Å². The van der Waals surface area contributed by atoms with E-state index in [4.69, 9.17) is 21.1 Å². The van der Waals surface area contributed by atoms with Crippen molar-refractivity contribution < 1.29 is 19.1 Å². The summed E-state index contributed by atoms with van der Waals surface area (Å²) < 4.78 is 10.7. The van der Waals surface area contributed by atoms with Gasteiger partial charge in [0.25, 0.3) is 11.8 Å². The van der Waals surface area contributed by atoms with Gasteiger partial charge < -0.3 is 19.7 Å². The van der Waals surface area contributed by atoms with Crippen LogP contribution in [0.1, 0.15) is 23.2 Å². The van der Waals surface area contributed by atoms with E-state index in [9.17, 15) is 9.59 Å². The third-order valence-electron chi connectivity index (χ3n) is 4.80. The van der Waals surface area contributed by atoms with E-state index in [-0.39, 0.29) is 24.3 Å². The minimum atomic E-state index is -0.208. The van der Waals surface area contributed by atoms with Crippen LogP contribution in [0.4, 0.5) is 0 Å². The lowest BCUT2D eigenvalue weighted by molar-refractivity contribution is -0.123. The quantitative estimate of drug-likeness (QED) is 0.700. The molecular formula is C21H24ClN3O4. The van der Waals surface area contributed by atoms with Crippen LogP contribution in [0.25, 0.3) is 0 Å². The summed E-state index contributed by atoms with van der Waals surface area (Å²) >= 11 is 5.89. The Kier molecular flexibility index (Phi) is 7.30. The zero-order chi connectivity index (χ0) is 20.6. The van der Waals surface area contributed by atoms with E-state index in [1.54, 1.807) is 36.3 Å². The zero-order valence-electron chi connectivity index (χ0n) is 16.3. The van der Waals surface area contributed by atoms with Crippen molar-refractivity contribution in [1.29, 1.82) is 0 Å². The SMILES string of the molecule is COc1ccccc1OCC(=O)NC[C@H]1CCCN(C(=O)c2ccnc(Cl)c2)C1. The topological polar surface area (TPSA) is 80.8 Å². The van der Waals surface area contributed by atoms with E-state index in [2.05, 4.69) is 10.3 Å².